The third-order valence-corrected chi connectivity index (χ3v) is 5.73. The van der Waals surface area contributed by atoms with Crippen molar-refractivity contribution in [3.05, 3.63) is 107 Å². The molecule has 0 aliphatic carbocycles. The summed E-state index contributed by atoms with van der Waals surface area (Å²) >= 11 is 0. The van der Waals surface area contributed by atoms with Crippen molar-refractivity contribution in [1.29, 1.82) is 0 Å². The van der Waals surface area contributed by atoms with E-state index in [0.717, 1.165) is 0 Å². The highest BCUT2D eigenvalue weighted by molar-refractivity contribution is 5.76. The molecule has 10 heteroatoms. The largest absolute Gasteiger partial charge is 0.491 e. The number of esters is 1. The molecule has 1 aliphatic heterocycles. The highest BCUT2D eigenvalue weighted by Gasteiger charge is 2.52. The van der Waals surface area contributed by atoms with Gasteiger partial charge in [-0.25, -0.2) is 18.0 Å². The average Bonchev–Trinajstić information content (AvgIpc) is 3.18. The van der Waals surface area contributed by atoms with Crippen molar-refractivity contribution in [1.82, 2.24) is 10.6 Å². The first kappa shape index (κ1) is 24.7. The van der Waals surface area contributed by atoms with Gasteiger partial charge in [-0.2, -0.15) is 13.2 Å². The molecule has 1 fully saturated rings. The summed E-state index contributed by atoms with van der Waals surface area (Å²) in [6.07, 6.45) is -5.73. The van der Waals surface area contributed by atoms with E-state index in [-0.39, 0.29) is 18.4 Å². The predicted molar refractivity (Wildman–Crippen MR) is 114 cm³/mol. The fourth-order valence-electron chi connectivity index (χ4n) is 4.14. The number of alkyl halides is 3. The molecule has 1 aliphatic rings. The van der Waals surface area contributed by atoms with Crippen molar-refractivity contribution in [2.75, 3.05) is 0 Å². The Balaban J connectivity index is 1.75. The molecule has 3 aromatic rings. The fraction of sp³-hybridized carbons (Fsp3) is 0.240. The third-order valence-electron chi connectivity index (χ3n) is 5.73. The Morgan fingerprint density at radius 1 is 0.829 bits per heavy atom. The summed E-state index contributed by atoms with van der Waals surface area (Å²) in [6.45, 7) is 0. The molecule has 0 aromatic heterocycles. The maximum atomic E-state index is 14.2. The summed E-state index contributed by atoms with van der Waals surface area (Å²) in [7, 11) is 0. The van der Waals surface area contributed by atoms with Gasteiger partial charge in [0.15, 0.2) is 0 Å². The van der Waals surface area contributed by atoms with Gasteiger partial charge in [0.25, 0.3) is 0 Å². The first-order valence-corrected chi connectivity index (χ1v) is 10.7. The molecule has 4 rings (SSSR count). The molecule has 35 heavy (non-hydrogen) atoms. The summed E-state index contributed by atoms with van der Waals surface area (Å²) in [6, 6.07) is 14.5. The molecule has 2 atom stereocenters. The van der Waals surface area contributed by atoms with E-state index in [4.69, 9.17) is 4.74 Å². The van der Waals surface area contributed by atoms with Crippen LogP contribution in [-0.2, 0) is 16.0 Å². The summed E-state index contributed by atoms with van der Waals surface area (Å²) in [5.74, 6) is -6.37. The number of hydrogen-bond acceptors (Lipinski definition) is 4. The van der Waals surface area contributed by atoms with E-state index in [9.17, 15) is 31.1 Å². The molecule has 184 valence electrons. The molecule has 0 amide bonds. The maximum Gasteiger partial charge on any atom is 0.491 e. The van der Waals surface area contributed by atoms with E-state index in [1.54, 1.807) is 6.07 Å². The molecule has 1 saturated heterocycles. The van der Waals surface area contributed by atoms with Crippen molar-refractivity contribution < 1.29 is 35.9 Å². The summed E-state index contributed by atoms with van der Waals surface area (Å²) in [4.78, 5) is 11.9. The molecular formula is C25H20F6N2O2. The molecular weight excluding hydrogens is 474 g/mol. The van der Waals surface area contributed by atoms with Crippen LogP contribution < -0.4 is 10.6 Å². The van der Waals surface area contributed by atoms with Crippen molar-refractivity contribution in [3.8, 4) is 0 Å². The number of ether oxygens (including phenoxy) is 1. The van der Waals surface area contributed by atoms with E-state index >= 15 is 0 Å². The second-order valence-corrected chi connectivity index (χ2v) is 8.16. The fourth-order valence-corrected chi connectivity index (χ4v) is 4.14. The predicted octanol–water partition coefficient (Wildman–Crippen LogP) is 5.47. The zero-order valence-electron chi connectivity index (χ0n) is 18.1. The molecule has 2 unspecified atom stereocenters. The molecule has 2 N–H and O–H groups in total. The van der Waals surface area contributed by atoms with Crippen molar-refractivity contribution in [3.63, 3.8) is 0 Å². The Morgan fingerprint density at radius 2 is 1.37 bits per heavy atom. The van der Waals surface area contributed by atoms with E-state index in [1.807, 2.05) is 0 Å². The quantitative estimate of drug-likeness (QED) is 0.353. The van der Waals surface area contributed by atoms with Crippen LogP contribution in [0.3, 0.4) is 0 Å². The maximum absolute atomic E-state index is 14.2. The first-order chi connectivity index (χ1) is 16.6. The van der Waals surface area contributed by atoms with E-state index < -0.39 is 47.5 Å². The smallest absolute Gasteiger partial charge is 0.424 e. The van der Waals surface area contributed by atoms with Gasteiger partial charge in [-0.05, 0) is 53.4 Å². The number of nitrogens with one attached hydrogen (secondary N) is 2. The Morgan fingerprint density at radius 3 is 1.86 bits per heavy atom. The molecule has 0 spiro atoms. The number of benzene rings is 3. The second kappa shape index (κ2) is 9.71. The van der Waals surface area contributed by atoms with Gasteiger partial charge < -0.3 is 4.74 Å². The number of hydrogen-bond donors (Lipinski definition) is 2. The molecule has 3 aromatic carbocycles. The van der Waals surface area contributed by atoms with Crippen LogP contribution in [0.1, 0.15) is 35.2 Å². The lowest BCUT2D eigenvalue weighted by atomic mass is 9.95. The molecule has 0 saturated carbocycles. The van der Waals surface area contributed by atoms with Gasteiger partial charge in [-0.15, -0.1) is 0 Å². The Labute approximate surface area is 196 Å². The average molecular weight is 494 g/mol. The van der Waals surface area contributed by atoms with Crippen LogP contribution in [-0.4, -0.2) is 18.0 Å². The summed E-state index contributed by atoms with van der Waals surface area (Å²) in [5.41, 5.74) is 0.834. The van der Waals surface area contributed by atoms with E-state index in [2.05, 4.69) is 10.6 Å². The van der Waals surface area contributed by atoms with Crippen molar-refractivity contribution in [2.45, 2.75) is 37.0 Å². The van der Waals surface area contributed by atoms with E-state index in [1.165, 1.54) is 66.7 Å². The van der Waals surface area contributed by atoms with Gasteiger partial charge in [-0.3, -0.25) is 10.6 Å². The van der Waals surface area contributed by atoms with Crippen LogP contribution in [0.25, 0.3) is 0 Å². The third kappa shape index (κ3) is 5.66. The minimum absolute atomic E-state index is 0.108. The molecule has 4 nitrogen and oxygen atoms in total. The minimum Gasteiger partial charge on any atom is -0.424 e. The molecule has 1 heterocycles. The normalized spacial score (nSPS) is 22.2. The van der Waals surface area contributed by atoms with Gasteiger partial charge in [0.05, 0.1) is 12.1 Å². The number of halogens is 6. The first-order valence-electron chi connectivity index (χ1n) is 10.7. The standard InChI is InChI=1S/C25H20F6N2O2/c26-18-8-3-6-16(13-18)21-22(17-7-4-9-19(27)14-17)33-24(32-21,35-23(34)25(29,30)31)12-11-15-5-1-2-10-20(15)28/h1-10,13-14,21-22,32-33H,11-12H2. The minimum atomic E-state index is -5.31. The molecule has 0 bridgehead atoms. The van der Waals surface area contributed by atoms with Gasteiger partial charge in [0.1, 0.15) is 17.5 Å². The monoisotopic (exact) mass is 494 g/mol. The van der Waals surface area contributed by atoms with Crippen LogP contribution >= 0.6 is 0 Å². The van der Waals surface area contributed by atoms with Crippen molar-refractivity contribution in [2.24, 2.45) is 0 Å². The van der Waals surface area contributed by atoms with Gasteiger partial charge in [-0.1, -0.05) is 42.5 Å². The van der Waals surface area contributed by atoms with Gasteiger partial charge in [0.2, 0.25) is 5.85 Å². The number of carbonyl (C=O) groups excluding carboxylic acids is 1. The number of aryl methyl sites for hydroxylation is 1. The van der Waals surface area contributed by atoms with Crippen LogP contribution in [0.5, 0.6) is 0 Å². The lowest BCUT2D eigenvalue weighted by Gasteiger charge is -2.31. The summed E-state index contributed by atoms with van der Waals surface area (Å²) < 4.78 is 86.6. The number of carbonyl (C=O) groups is 1. The highest BCUT2D eigenvalue weighted by Crippen LogP contribution is 2.40. The zero-order chi connectivity index (χ0) is 25.2. The Bertz CT molecular complexity index is 1160. The second-order valence-electron chi connectivity index (χ2n) is 8.16. The van der Waals surface area contributed by atoms with Gasteiger partial charge >= 0.3 is 12.1 Å². The van der Waals surface area contributed by atoms with Crippen molar-refractivity contribution >= 4 is 5.97 Å². The molecule has 0 radical (unpaired) electrons. The van der Waals surface area contributed by atoms with Crippen LogP contribution in [0.2, 0.25) is 0 Å². The number of rotatable bonds is 6. The SMILES string of the molecule is O=C(OC1(CCc2ccccc2F)NC(c2cccc(F)c2)C(c2cccc(F)c2)N1)C(F)(F)F. The Kier molecular flexibility index (Phi) is 6.86. The summed E-state index contributed by atoms with van der Waals surface area (Å²) in [5, 5.41) is 5.69. The Hall–Kier alpha value is -3.37. The lowest BCUT2D eigenvalue weighted by molar-refractivity contribution is -0.219. The van der Waals surface area contributed by atoms with Crippen LogP contribution in [0.4, 0.5) is 26.3 Å². The highest BCUT2D eigenvalue weighted by atomic mass is 19.4. The topological polar surface area (TPSA) is 50.4 Å². The van der Waals surface area contributed by atoms with Crippen LogP contribution in [0, 0.1) is 17.5 Å². The van der Waals surface area contributed by atoms with E-state index in [0.29, 0.717) is 11.1 Å². The zero-order valence-corrected chi connectivity index (χ0v) is 18.1. The lowest BCUT2D eigenvalue weighted by Crippen LogP contribution is -2.55. The van der Waals surface area contributed by atoms with Gasteiger partial charge in [0, 0.05) is 6.42 Å². The van der Waals surface area contributed by atoms with Crippen LogP contribution in [0.15, 0.2) is 72.8 Å².